The second-order valence-corrected chi connectivity index (χ2v) is 6.42. The molecule has 0 N–H and O–H groups in total. The van der Waals surface area contributed by atoms with Crippen LogP contribution in [0.2, 0.25) is 0 Å². The average Bonchev–Trinajstić information content (AvgIpc) is 2.36. The van der Waals surface area contributed by atoms with E-state index in [2.05, 4.69) is 9.97 Å². The molecule has 2 rings (SSSR count). The standard InChI is InChI=1S/C15H22N2OS/c1-10-14(11(2)18)15(17-12(3)16-10)19-9-13-7-5-4-6-8-13/h13H,4-9H2,1-3H3. The molecule has 104 valence electrons. The van der Waals surface area contributed by atoms with Gasteiger partial charge in [0.1, 0.15) is 10.9 Å². The summed E-state index contributed by atoms with van der Waals surface area (Å²) in [5.41, 5.74) is 1.53. The summed E-state index contributed by atoms with van der Waals surface area (Å²) in [5.74, 6) is 2.70. The maximum absolute atomic E-state index is 11.8. The van der Waals surface area contributed by atoms with Crippen molar-refractivity contribution in [2.75, 3.05) is 5.75 Å². The highest BCUT2D eigenvalue weighted by Gasteiger charge is 2.18. The number of Topliss-reactive ketones (excluding diaryl/α,β-unsaturated/α-hetero) is 1. The van der Waals surface area contributed by atoms with Gasteiger partial charge in [0.15, 0.2) is 5.78 Å². The van der Waals surface area contributed by atoms with Crippen molar-refractivity contribution in [3.8, 4) is 0 Å². The van der Waals surface area contributed by atoms with Crippen LogP contribution in [0.15, 0.2) is 5.03 Å². The Kier molecular flexibility index (Phi) is 4.97. The van der Waals surface area contributed by atoms with Gasteiger partial charge in [0, 0.05) is 5.75 Å². The summed E-state index contributed by atoms with van der Waals surface area (Å²) in [5, 5.41) is 0.878. The minimum atomic E-state index is 0.0728. The third kappa shape index (κ3) is 3.78. The number of rotatable bonds is 4. The molecule has 0 aliphatic heterocycles. The minimum Gasteiger partial charge on any atom is -0.294 e. The van der Waals surface area contributed by atoms with Crippen LogP contribution in [-0.2, 0) is 0 Å². The second-order valence-electron chi connectivity index (χ2n) is 5.41. The van der Waals surface area contributed by atoms with Gasteiger partial charge in [0.05, 0.1) is 11.3 Å². The second kappa shape index (κ2) is 6.51. The molecule has 3 nitrogen and oxygen atoms in total. The van der Waals surface area contributed by atoms with Gasteiger partial charge in [-0.1, -0.05) is 19.3 Å². The summed E-state index contributed by atoms with van der Waals surface area (Å²) in [4.78, 5) is 20.5. The van der Waals surface area contributed by atoms with E-state index in [0.717, 1.165) is 28.2 Å². The highest BCUT2D eigenvalue weighted by molar-refractivity contribution is 7.99. The first kappa shape index (κ1) is 14.5. The van der Waals surface area contributed by atoms with Crippen LogP contribution in [0.4, 0.5) is 0 Å². The lowest BCUT2D eigenvalue weighted by molar-refractivity contribution is 0.101. The van der Waals surface area contributed by atoms with E-state index in [0.29, 0.717) is 5.56 Å². The molecule has 1 aliphatic rings. The summed E-state index contributed by atoms with van der Waals surface area (Å²) in [6.07, 6.45) is 6.74. The largest absolute Gasteiger partial charge is 0.294 e. The fourth-order valence-corrected chi connectivity index (χ4v) is 4.10. The molecule has 1 aromatic heterocycles. The number of carbonyl (C=O) groups is 1. The van der Waals surface area contributed by atoms with Crippen LogP contribution in [0.25, 0.3) is 0 Å². The van der Waals surface area contributed by atoms with Crippen LogP contribution in [0, 0.1) is 19.8 Å². The van der Waals surface area contributed by atoms with Gasteiger partial charge in [-0.15, -0.1) is 11.8 Å². The monoisotopic (exact) mass is 278 g/mol. The number of hydrogen-bond donors (Lipinski definition) is 0. The van der Waals surface area contributed by atoms with Crippen molar-refractivity contribution >= 4 is 17.5 Å². The van der Waals surface area contributed by atoms with Crippen molar-refractivity contribution in [3.05, 3.63) is 17.1 Å². The number of nitrogens with zero attached hydrogens (tertiary/aromatic N) is 2. The lowest BCUT2D eigenvalue weighted by atomic mass is 9.91. The molecule has 1 fully saturated rings. The molecule has 1 heterocycles. The van der Waals surface area contributed by atoms with Crippen molar-refractivity contribution < 1.29 is 4.79 Å². The summed E-state index contributed by atoms with van der Waals surface area (Å²) < 4.78 is 0. The normalized spacial score (nSPS) is 16.6. The van der Waals surface area contributed by atoms with E-state index in [1.807, 2.05) is 13.8 Å². The maximum atomic E-state index is 11.8. The number of ketones is 1. The van der Waals surface area contributed by atoms with Crippen LogP contribution in [0.1, 0.15) is 60.9 Å². The quantitative estimate of drug-likeness (QED) is 0.475. The van der Waals surface area contributed by atoms with Crippen molar-refractivity contribution in [1.29, 1.82) is 0 Å². The molecule has 0 saturated heterocycles. The zero-order chi connectivity index (χ0) is 13.8. The van der Waals surface area contributed by atoms with Gasteiger partial charge < -0.3 is 0 Å². The van der Waals surface area contributed by atoms with Gasteiger partial charge in [-0.05, 0) is 39.5 Å². The van der Waals surface area contributed by atoms with Gasteiger partial charge in [-0.25, -0.2) is 9.97 Å². The molecule has 0 bridgehead atoms. The molecule has 1 saturated carbocycles. The molecule has 1 aromatic rings. The minimum absolute atomic E-state index is 0.0728. The Bertz CT molecular complexity index is 467. The molecule has 1 aliphatic carbocycles. The molecule has 0 aromatic carbocycles. The molecule has 4 heteroatoms. The summed E-state index contributed by atoms with van der Waals surface area (Å²) >= 11 is 1.74. The van der Waals surface area contributed by atoms with Crippen LogP contribution >= 0.6 is 11.8 Å². The van der Waals surface area contributed by atoms with E-state index >= 15 is 0 Å². The van der Waals surface area contributed by atoms with E-state index in [9.17, 15) is 4.79 Å². The first-order chi connectivity index (χ1) is 9.08. The Morgan fingerprint density at radius 3 is 2.53 bits per heavy atom. The number of aromatic nitrogens is 2. The van der Waals surface area contributed by atoms with E-state index in [4.69, 9.17) is 0 Å². The van der Waals surface area contributed by atoms with Crippen molar-refractivity contribution in [2.45, 2.75) is 57.9 Å². The molecule has 0 atom stereocenters. The Labute approximate surface area is 119 Å². The Morgan fingerprint density at radius 2 is 1.89 bits per heavy atom. The Morgan fingerprint density at radius 1 is 1.21 bits per heavy atom. The molecular weight excluding hydrogens is 256 g/mol. The highest BCUT2D eigenvalue weighted by atomic mass is 32.2. The van der Waals surface area contributed by atoms with E-state index < -0.39 is 0 Å². The molecule has 19 heavy (non-hydrogen) atoms. The average molecular weight is 278 g/mol. The van der Waals surface area contributed by atoms with Gasteiger partial charge >= 0.3 is 0 Å². The molecule has 0 spiro atoms. The third-order valence-electron chi connectivity index (χ3n) is 3.70. The zero-order valence-electron chi connectivity index (χ0n) is 12.0. The summed E-state index contributed by atoms with van der Waals surface area (Å²) in [6.45, 7) is 5.39. The van der Waals surface area contributed by atoms with Gasteiger partial charge in [0.25, 0.3) is 0 Å². The highest BCUT2D eigenvalue weighted by Crippen LogP contribution is 2.31. The Hall–Kier alpha value is -0.900. The fraction of sp³-hybridized carbons (Fsp3) is 0.667. The van der Waals surface area contributed by atoms with Crippen molar-refractivity contribution in [1.82, 2.24) is 9.97 Å². The predicted octanol–water partition coefficient (Wildman–Crippen LogP) is 3.97. The molecule has 0 unspecified atom stereocenters. The van der Waals surface area contributed by atoms with Crippen LogP contribution in [0.3, 0.4) is 0 Å². The van der Waals surface area contributed by atoms with E-state index in [1.54, 1.807) is 18.7 Å². The number of carbonyl (C=O) groups excluding carboxylic acids is 1. The van der Waals surface area contributed by atoms with Crippen LogP contribution < -0.4 is 0 Å². The predicted molar refractivity (Wildman–Crippen MR) is 78.8 cm³/mol. The summed E-state index contributed by atoms with van der Waals surface area (Å²) in [6, 6.07) is 0. The fourth-order valence-electron chi connectivity index (χ4n) is 2.74. The van der Waals surface area contributed by atoms with Gasteiger partial charge in [-0.2, -0.15) is 0 Å². The topological polar surface area (TPSA) is 42.9 Å². The van der Waals surface area contributed by atoms with Gasteiger partial charge in [-0.3, -0.25) is 4.79 Å². The van der Waals surface area contributed by atoms with Crippen LogP contribution in [-0.4, -0.2) is 21.5 Å². The smallest absolute Gasteiger partial charge is 0.164 e. The summed E-state index contributed by atoms with van der Waals surface area (Å²) in [7, 11) is 0. The van der Waals surface area contributed by atoms with Gasteiger partial charge in [0.2, 0.25) is 0 Å². The number of thioether (sulfide) groups is 1. The first-order valence-electron chi connectivity index (χ1n) is 7.07. The molecule has 0 amide bonds. The first-order valence-corrected chi connectivity index (χ1v) is 8.05. The van der Waals surface area contributed by atoms with Crippen molar-refractivity contribution in [3.63, 3.8) is 0 Å². The zero-order valence-corrected chi connectivity index (χ0v) is 12.8. The molecular formula is C15H22N2OS. The molecule has 0 radical (unpaired) electrons. The SMILES string of the molecule is CC(=O)c1c(C)nc(C)nc1SCC1CCCCC1. The number of aryl methyl sites for hydroxylation is 2. The lowest BCUT2D eigenvalue weighted by Gasteiger charge is -2.21. The third-order valence-corrected chi connectivity index (χ3v) is 4.91. The Balaban J connectivity index is 2.12. The van der Waals surface area contributed by atoms with E-state index in [-0.39, 0.29) is 5.78 Å². The maximum Gasteiger partial charge on any atom is 0.164 e. The lowest BCUT2D eigenvalue weighted by Crippen LogP contribution is -2.11. The van der Waals surface area contributed by atoms with Crippen molar-refractivity contribution in [2.24, 2.45) is 5.92 Å². The number of hydrogen-bond acceptors (Lipinski definition) is 4. The van der Waals surface area contributed by atoms with E-state index in [1.165, 1.54) is 32.1 Å². The van der Waals surface area contributed by atoms with Crippen LogP contribution in [0.5, 0.6) is 0 Å².